The van der Waals surface area contributed by atoms with Crippen molar-refractivity contribution in [1.82, 2.24) is 4.90 Å². The maximum Gasteiger partial charge on any atom is 0.125 e. The molecule has 0 amide bonds. The van der Waals surface area contributed by atoms with E-state index in [1.165, 1.54) is 51.4 Å². The van der Waals surface area contributed by atoms with Crippen LogP contribution < -0.4 is 0 Å². The average molecular weight is 271 g/mol. The van der Waals surface area contributed by atoms with Gasteiger partial charge in [0, 0.05) is 6.20 Å². The zero-order chi connectivity index (χ0) is 14.5. The maximum atomic E-state index is 9.44. The highest BCUT2D eigenvalue weighted by molar-refractivity contribution is 4.83. The Balaban J connectivity index is 3.47. The summed E-state index contributed by atoms with van der Waals surface area (Å²) in [4.78, 5) is 1.55. The van der Waals surface area contributed by atoms with Crippen LogP contribution in [-0.2, 0) is 0 Å². The molecule has 3 nitrogen and oxygen atoms in total. The van der Waals surface area contributed by atoms with E-state index in [1.54, 1.807) is 24.9 Å². The molecule has 0 rings (SSSR count). The van der Waals surface area contributed by atoms with Gasteiger partial charge in [-0.1, -0.05) is 57.9 Å². The van der Waals surface area contributed by atoms with Crippen LogP contribution in [0, 0.1) is 0 Å². The van der Waals surface area contributed by atoms with Crippen molar-refractivity contribution in [3.05, 3.63) is 12.3 Å². The summed E-state index contributed by atoms with van der Waals surface area (Å²) < 4.78 is 0. The number of hydrogen-bond acceptors (Lipinski definition) is 3. The topological polar surface area (TPSA) is 43.7 Å². The number of aliphatic hydroxyl groups excluding tert-OH is 2. The fourth-order valence-corrected chi connectivity index (χ4v) is 2.15. The molecule has 2 unspecified atom stereocenters. The molecule has 0 aliphatic rings. The van der Waals surface area contributed by atoms with Crippen molar-refractivity contribution in [3.63, 3.8) is 0 Å². The highest BCUT2D eigenvalue weighted by Crippen LogP contribution is 2.10. The lowest BCUT2D eigenvalue weighted by Crippen LogP contribution is -2.35. The van der Waals surface area contributed by atoms with Gasteiger partial charge in [-0.15, -0.1) is 0 Å². The zero-order valence-corrected chi connectivity index (χ0v) is 13.0. The van der Waals surface area contributed by atoms with Crippen LogP contribution in [-0.4, -0.2) is 27.6 Å². The van der Waals surface area contributed by atoms with E-state index in [9.17, 15) is 10.2 Å². The van der Waals surface area contributed by atoms with Crippen molar-refractivity contribution in [2.45, 2.75) is 91.0 Å². The normalized spacial score (nSPS) is 14.8. The Bertz CT molecular complexity index is 207. The lowest BCUT2D eigenvalue weighted by molar-refractivity contribution is -0.0513. The third-order valence-corrected chi connectivity index (χ3v) is 3.36. The SMILES string of the molecule is CCCCCCCCCCC=CN(C(C)O)C(C)O. The summed E-state index contributed by atoms with van der Waals surface area (Å²) in [6.45, 7) is 5.57. The molecule has 0 aliphatic carbocycles. The lowest BCUT2D eigenvalue weighted by Gasteiger charge is -2.26. The predicted molar refractivity (Wildman–Crippen MR) is 81.6 cm³/mol. The van der Waals surface area contributed by atoms with Crippen LogP contribution in [0.25, 0.3) is 0 Å². The van der Waals surface area contributed by atoms with Gasteiger partial charge in [-0.3, -0.25) is 0 Å². The van der Waals surface area contributed by atoms with Gasteiger partial charge in [0.1, 0.15) is 12.5 Å². The summed E-state index contributed by atoms with van der Waals surface area (Å²) in [6, 6.07) is 0. The second kappa shape index (κ2) is 12.5. The van der Waals surface area contributed by atoms with Crippen LogP contribution in [0.5, 0.6) is 0 Å². The molecule has 3 heteroatoms. The van der Waals surface area contributed by atoms with Crippen LogP contribution in [0.15, 0.2) is 12.3 Å². The quantitative estimate of drug-likeness (QED) is 0.416. The van der Waals surface area contributed by atoms with Crippen molar-refractivity contribution in [3.8, 4) is 0 Å². The number of rotatable bonds is 12. The van der Waals surface area contributed by atoms with E-state index in [0.717, 1.165) is 6.42 Å². The van der Waals surface area contributed by atoms with E-state index in [4.69, 9.17) is 0 Å². The standard InChI is InChI=1S/C16H33NO2/c1-4-5-6-7-8-9-10-11-12-13-14-17(15(2)18)16(3)19/h13-16,18-19H,4-12H2,1-3H3. The van der Waals surface area contributed by atoms with Gasteiger partial charge < -0.3 is 15.1 Å². The number of nitrogens with zero attached hydrogens (tertiary/aromatic N) is 1. The molecular weight excluding hydrogens is 238 g/mol. The Morgan fingerprint density at radius 1 is 0.842 bits per heavy atom. The van der Waals surface area contributed by atoms with Gasteiger partial charge in [-0.05, 0) is 26.7 Å². The molecule has 2 atom stereocenters. The van der Waals surface area contributed by atoms with E-state index in [2.05, 4.69) is 6.92 Å². The van der Waals surface area contributed by atoms with Crippen molar-refractivity contribution >= 4 is 0 Å². The fourth-order valence-electron chi connectivity index (χ4n) is 2.15. The second-order valence-corrected chi connectivity index (χ2v) is 5.36. The predicted octanol–water partition coefficient (Wildman–Crippen LogP) is 4.01. The first kappa shape index (κ1) is 18.5. The van der Waals surface area contributed by atoms with E-state index in [1.807, 2.05) is 6.08 Å². The Kier molecular flexibility index (Phi) is 12.1. The van der Waals surface area contributed by atoms with E-state index >= 15 is 0 Å². The Labute approximate surface area is 119 Å². The van der Waals surface area contributed by atoms with E-state index < -0.39 is 12.5 Å². The molecule has 0 heterocycles. The summed E-state index contributed by atoms with van der Waals surface area (Å²) in [6.07, 6.45) is 14.2. The van der Waals surface area contributed by atoms with Crippen LogP contribution in [0.4, 0.5) is 0 Å². The molecule has 0 aromatic heterocycles. The van der Waals surface area contributed by atoms with Crippen LogP contribution in [0.1, 0.15) is 78.6 Å². The molecule has 0 aromatic rings. The molecule has 0 bridgehead atoms. The molecule has 0 saturated heterocycles. The zero-order valence-electron chi connectivity index (χ0n) is 13.0. The van der Waals surface area contributed by atoms with E-state index in [-0.39, 0.29) is 0 Å². The molecule has 19 heavy (non-hydrogen) atoms. The monoisotopic (exact) mass is 271 g/mol. The molecule has 114 valence electrons. The second-order valence-electron chi connectivity index (χ2n) is 5.36. The van der Waals surface area contributed by atoms with Gasteiger partial charge in [0.25, 0.3) is 0 Å². The van der Waals surface area contributed by atoms with Gasteiger partial charge >= 0.3 is 0 Å². The smallest absolute Gasteiger partial charge is 0.125 e. The molecule has 0 aliphatic heterocycles. The molecule has 0 aromatic carbocycles. The Morgan fingerprint density at radius 2 is 1.32 bits per heavy atom. The lowest BCUT2D eigenvalue weighted by atomic mass is 10.1. The Morgan fingerprint density at radius 3 is 1.79 bits per heavy atom. The summed E-state index contributed by atoms with van der Waals surface area (Å²) in [5, 5.41) is 18.9. The van der Waals surface area contributed by atoms with Gasteiger partial charge in [-0.25, -0.2) is 0 Å². The summed E-state index contributed by atoms with van der Waals surface area (Å²) in [5.74, 6) is 0. The first-order valence-corrected chi connectivity index (χ1v) is 7.89. The van der Waals surface area contributed by atoms with Crippen molar-refractivity contribution < 1.29 is 10.2 Å². The molecule has 0 radical (unpaired) electrons. The highest BCUT2D eigenvalue weighted by atomic mass is 16.3. The van der Waals surface area contributed by atoms with E-state index in [0.29, 0.717) is 0 Å². The van der Waals surface area contributed by atoms with Crippen molar-refractivity contribution in [2.75, 3.05) is 0 Å². The molecule has 2 N–H and O–H groups in total. The minimum absolute atomic E-state index is 0.644. The number of hydrogen-bond donors (Lipinski definition) is 2. The Hall–Kier alpha value is -0.540. The molecule has 0 saturated carbocycles. The maximum absolute atomic E-state index is 9.44. The van der Waals surface area contributed by atoms with Gasteiger partial charge in [0.05, 0.1) is 0 Å². The minimum Gasteiger partial charge on any atom is -0.374 e. The summed E-state index contributed by atoms with van der Waals surface area (Å²) in [5.41, 5.74) is 0. The minimum atomic E-state index is -0.644. The van der Waals surface area contributed by atoms with Crippen LogP contribution >= 0.6 is 0 Å². The largest absolute Gasteiger partial charge is 0.374 e. The summed E-state index contributed by atoms with van der Waals surface area (Å²) in [7, 11) is 0. The third-order valence-electron chi connectivity index (χ3n) is 3.36. The van der Waals surface area contributed by atoms with Crippen LogP contribution in [0.2, 0.25) is 0 Å². The fraction of sp³-hybridized carbons (Fsp3) is 0.875. The first-order chi connectivity index (χ1) is 9.09. The summed E-state index contributed by atoms with van der Waals surface area (Å²) >= 11 is 0. The van der Waals surface area contributed by atoms with Crippen LogP contribution in [0.3, 0.4) is 0 Å². The molecular formula is C16H33NO2. The van der Waals surface area contributed by atoms with Gasteiger partial charge in [0.2, 0.25) is 0 Å². The number of allylic oxidation sites excluding steroid dienone is 1. The van der Waals surface area contributed by atoms with Crippen molar-refractivity contribution in [2.24, 2.45) is 0 Å². The number of aliphatic hydroxyl groups is 2. The molecule has 0 fully saturated rings. The third kappa shape index (κ3) is 11.0. The first-order valence-electron chi connectivity index (χ1n) is 7.89. The average Bonchev–Trinajstić information content (AvgIpc) is 2.35. The van der Waals surface area contributed by atoms with Gasteiger partial charge in [-0.2, -0.15) is 0 Å². The highest BCUT2D eigenvalue weighted by Gasteiger charge is 2.10. The number of unbranched alkanes of at least 4 members (excludes halogenated alkanes) is 8. The van der Waals surface area contributed by atoms with Crippen molar-refractivity contribution in [1.29, 1.82) is 0 Å². The van der Waals surface area contributed by atoms with Gasteiger partial charge in [0.15, 0.2) is 0 Å². The molecule has 0 spiro atoms.